The standard InChI is InChI=1S/C15H13BrN2O/c1-19-10-11-4-2-5-12(8-11)18-15-7-3-6-14(16)13(15)9-17-18/h2-9H,10H2,1H3. The van der Waals surface area contributed by atoms with Gasteiger partial charge in [0.15, 0.2) is 0 Å². The van der Waals surface area contributed by atoms with E-state index in [0.29, 0.717) is 6.61 Å². The minimum atomic E-state index is 0.608. The fourth-order valence-electron chi connectivity index (χ4n) is 2.17. The van der Waals surface area contributed by atoms with Crippen molar-refractivity contribution in [3.8, 4) is 5.69 Å². The summed E-state index contributed by atoms with van der Waals surface area (Å²) >= 11 is 3.55. The Bertz CT molecular complexity index is 721. The van der Waals surface area contributed by atoms with Crippen LogP contribution >= 0.6 is 15.9 Å². The van der Waals surface area contributed by atoms with Gasteiger partial charge in [0.05, 0.1) is 24.0 Å². The first-order valence-electron chi connectivity index (χ1n) is 6.00. The van der Waals surface area contributed by atoms with Gasteiger partial charge in [-0.2, -0.15) is 5.10 Å². The molecule has 0 N–H and O–H groups in total. The maximum absolute atomic E-state index is 5.17. The highest BCUT2D eigenvalue weighted by Crippen LogP contribution is 2.25. The van der Waals surface area contributed by atoms with Gasteiger partial charge in [-0.3, -0.25) is 0 Å². The minimum Gasteiger partial charge on any atom is -0.380 e. The molecule has 4 heteroatoms. The highest BCUT2D eigenvalue weighted by Gasteiger charge is 2.07. The van der Waals surface area contributed by atoms with Crippen LogP contribution in [0.25, 0.3) is 16.6 Å². The van der Waals surface area contributed by atoms with Crippen molar-refractivity contribution < 1.29 is 4.74 Å². The summed E-state index contributed by atoms with van der Waals surface area (Å²) in [6, 6.07) is 14.3. The van der Waals surface area contributed by atoms with Gasteiger partial charge >= 0.3 is 0 Å². The van der Waals surface area contributed by atoms with E-state index in [1.807, 2.05) is 35.1 Å². The lowest BCUT2D eigenvalue weighted by molar-refractivity contribution is 0.185. The molecule has 0 bridgehead atoms. The number of ether oxygens (including phenoxy) is 1. The number of aromatic nitrogens is 2. The maximum Gasteiger partial charge on any atom is 0.0752 e. The van der Waals surface area contributed by atoms with Gasteiger partial charge in [0.25, 0.3) is 0 Å². The number of benzene rings is 2. The number of hydrogen-bond donors (Lipinski definition) is 0. The van der Waals surface area contributed by atoms with Crippen molar-refractivity contribution in [2.45, 2.75) is 6.61 Å². The Morgan fingerprint density at radius 1 is 1.21 bits per heavy atom. The third kappa shape index (κ3) is 2.29. The van der Waals surface area contributed by atoms with Crippen molar-refractivity contribution in [3.05, 3.63) is 58.7 Å². The molecule has 0 spiro atoms. The Kier molecular flexibility index (Phi) is 3.36. The second-order valence-electron chi connectivity index (χ2n) is 4.33. The summed E-state index contributed by atoms with van der Waals surface area (Å²) in [5.74, 6) is 0. The van der Waals surface area contributed by atoms with Crippen molar-refractivity contribution in [1.82, 2.24) is 9.78 Å². The monoisotopic (exact) mass is 316 g/mol. The third-order valence-corrected chi connectivity index (χ3v) is 3.72. The molecule has 0 unspecified atom stereocenters. The van der Waals surface area contributed by atoms with Crippen LogP contribution in [0.1, 0.15) is 5.56 Å². The van der Waals surface area contributed by atoms with Crippen LogP contribution in [0.15, 0.2) is 53.1 Å². The Morgan fingerprint density at radius 3 is 2.89 bits per heavy atom. The molecule has 0 aliphatic carbocycles. The summed E-state index contributed by atoms with van der Waals surface area (Å²) in [7, 11) is 1.70. The van der Waals surface area contributed by atoms with Crippen LogP contribution in [0.4, 0.5) is 0 Å². The molecule has 3 aromatic rings. The molecule has 0 amide bonds. The van der Waals surface area contributed by atoms with E-state index in [1.165, 1.54) is 0 Å². The molecule has 0 fully saturated rings. The highest BCUT2D eigenvalue weighted by molar-refractivity contribution is 9.10. The molecule has 0 aliphatic rings. The Hall–Kier alpha value is -1.65. The van der Waals surface area contributed by atoms with E-state index in [1.54, 1.807) is 7.11 Å². The van der Waals surface area contributed by atoms with Crippen LogP contribution in [-0.2, 0) is 11.3 Å². The summed E-state index contributed by atoms with van der Waals surface area (Å²) in [6.07, 6.45) is 1.88. The lowest BCUT2D eigenvalue weighted by Crippen LogP contribution is -1.97. The van der Waals surface area contributed by atoms with Crippen LogP contribution in [0.3, 0.4) is 0 Å². The lowest BCUT2D eigenvalue weighted by Gasteiger charge is -2.06. The van der Waals surface area contributed by atoms with E-state index in [4.69, 9.17) is 4.74 Å². The summed E-state index contributed by atoms with van der Waals surface area (Å²) in [5, 5.41) is 5.58. The van der Waals surface area contributed by atoms with Gasteiger partial charge in [0.1, 0.15) is 0 Å². The van der Waals surface area contributed by atoms with Gasteiger partial charge in [-0.05, 0) is 29.8 Å². The average molecular weight is 317 g/mol. The van der Waals surface area contributed by atoms with Crippen molar-refractivity contribution in [2.75, 3.05) is 7.11 Å². The minimum absolute atomic E-state index is 0.608. The number of rotatable bonds is 3. The van der Waals surface area contributed by atoms with Gasteiger partial charge in [0, 0.05) is 17.0 Å². The zero-order chi connectivity index (χ0) is 13.2. The van der Waals surface area contributed by atoms with Gasteiger partial charge < -0.3 is 4.74 Å². The molecule has 2 aromatic carbocycles. The second kappa shape index (κ2) is 5.15. The molecule has 0 aliphatic heterocycles. The number of nitrogens with zero attached hydrogens (tertiary/aromatic N) is 2. The van der Waals surface area contributed by atoms with E-state index in [9.17, 15) is 0 Å². The highest BCUT2D eigenvalue weighted by atomic mass is 79.9. The van der Waals surface area contributed by atoms with Gasteiger partial charge in [-0.15, -0.1) is 0 Å². The molecule has 0 radical (unpaired) electrons. The van der Waals surface area contributed by atoms with Crippen molar-refractivity contribution in [3.63, 3.8) is 0 Å². The average Bonchev–Trinajstić information content (AvgIpc) is 2.85. The van der Waals surface area contributed by atoms with E-state index in [-0.39, 0.29) is 0 Å². The normalized spacial score (nSPS) is 11.1. The molecule has 0 atom stereocenters. The first-order valence-corrected chi connectivity index (χ1v) is 6.79. The lowest BCUT2D eigenvalue weighted by atomic mass is 10.2. The van der Waals surface area contributed by atoms with Gasteiger partial charge in [0.2, 0.25) is 0 Å². The maximum atomic E-state index is 5.17. The molecule has 3 rings (SSSR count). The SMILES string of the molecule is COCc1cccc(-n2ncc3c(Br)cccc32)c1. The first-order chi connectivity index (χ1) is 9.29. The van der Waals surface area contributed by atoms with E-state index >= 15 is 0 Å². The van der Waals surface area contributed by atoms with Crippen LogP contribution in [0.2, 0.25) is 0 Å². The van der Waals surface area contributed by atoms with Crippen LogP contribution in [0.5, 0.6) is 0 Å². The topological polar surface area (TPSA) is 27.1 Å². The molecule has 1 heterocycles. The largest absolute Gasteiger partial charge is 0.380 e. The summed E-state index contributed by atoms with van der Waals surface area (Å²) in [4.78, 5) is 0. The molecular formula is C15H13BrN2O. The zero-order valence-electron chi connectivity index (χ0n) is 10.5. The summed E-state index contributed by atoms with van der Waals surface area (Å²) in [5.41, 5.74) is 3.27. The van der Waals surface area contributed by atoms with E-state index in [0.717, 1.165) is 26.6 Å². The number of fused-ring (bicyclic) bond motifs is 1. The Morgan fingerprint density at radius 2 is 2.05 bits per heavy atom. The predicted octanol–water partition coefficient (Wildman–Crippen LogP) is 3.93. The quantitative estimate of drug-likeness (QED) is 0.732. The van der Waals surface area contributed by atoms with Crippen molar-refractivity contribution >= 4 is 26.8 Å². The fourth-order valence-corrected chi connectivity index (χ4v) is 2.62. The molecular weight excluding hydrogens is 304 g/mol. The van der Waals surface area contributed by atoms with Crippen molar-refractivity contribution in [1.29, 1.82) is 0 Å². The third-order valence-electron chi connectivity index (χ3n) is 3.03. The van der Waals surface area contributed by atoms with Crippen LogP contribution in [0, 0.1) is 0 Å². The Labute approximate surface area is 119 Å². The first kappa shape index (κ1) is 12.4. The smallest absolute Gasteiger partial charge is 0.0752 e. The van der Waals surface area contributed by atoms with Crippen LogP contribution < -0.4 is 0 Å². The summed E-state index contributed by atoms with van der Waals surface area (Å²) in [6.45, 7) is 0.608. The fraction of sp³-hybridized carbons (Fsp3) is 0.133. The van der Waals surface area contributed by atoms with Crippen molar-refractivity contribution in [2.24, 2.45) is 0 Å². The van der Waals surface area contributed by atoms with Crippen LogP contribution in [-0.4, -0.2) is 16.9 Å². The number of hydrogen-bond acceptors (Lipinski definition) is 2. The molecule has 1 aromatic heterocycles. The molecule has 3 nitrogen and oxygen atoms in total. The van der Waals surface area contributed by atoms with Gasteiger partial charge in [-0.25, -0.2) is 4.68 Å². The van der Waals surface area contributed by atoms with E-state index < -0.39 is 0 Å². The molecule has 96 valence electrons. The number of methoxy groups -OCH3 is 1. The number of halogens is 1. The molecule has 0 saturated carbocycles. The summed E-state index contributed by atoms with van der Waals surface area (Å²) < 4.78 is 8.17. The van der Waals surface area contributed by atoms with Gasteiger partial charge in [-0.1, -0.05) is 34.1 Å². The zero-order valence-corrected chi connectivity index (χ0v) is 12.1. The molecule has 19 heavy (non-hydrogen) atoms. The molecule has 0 saturated heterocycles. The predicted molar refractivity (Wildman–Crippen MR) is 79.5 cm³/mol. The Balaban J connectivity index is 2.14. The second-order valence-corrected chi connectivity index (χ2v) is 5.19. The van der Waals surface area contributed by atoms with E-state index in [2.05, 4.69) is 39.2 Å².